The van der Waals surface area contributed by atoms with Gasteiger partial charge in [0.05, 0.1) is 26.7 Å². The van der Waals surface area contributed by atoms with Crippen LogP contribution in [0.1, 0.15) is 36.1 Å². The van der Waals surface area contributed by atoms with E-state index >= 15 is 0 Å². The fraction of sp³-hybridized carbons (Fsp3) is 0.250. The van der Waals surface area contributed by atoms with Crippen molar-refractivity contribution in [2.75, 3.05) is 14.2 Å². The number of aliphatic carboxylic acids is 1. The molecular weight excluding hydrogens is 636 g/mol. The molecule has 4 N–H and O–H groups in total. The van der Waals surface area contributed by atoms with E-state index in [0.29, 0.717) is 5.76 Å². The molecule has 2 unspecified atom stereocenters. The molecule has 38 heavy (non-hydrogen) atoms. The maximum absolute atomic E-state index is 11.8. The summed E-state index contributed by atoms with van der Waals surface area (Å²) in [4.78, 5) is 43.2. The Hall–Kier alpha value is -3.62. The predicted octanol–water partition coefficient (Wildman–Crippen LogP) is 4.12. The topological polar surface area (TPSA) is 181 Å². The molecule has 2 aromatic heterocycles. The van der Waals surface area contributed by atoms with Crippen LogP contribution in [0, 0.1) is 0 Å². The minimum Gasteiger partial charge on any atom is -0.481 e. The van der Waals surface area contributed by atoms with Crippen molar-refractivity contribution in [3.63, 3.8) is 0 Å². The summed E-state index contributed by atoms with van der Waals surface area (Å²) in [7, 11) is 2.51. The molecule has 1 amide bonds. The first-order valence-corrected chi connectivity index (χ1v) is 10.3. The van der Waals surface area contributed by atoms with Gasteiger partial charge in [0.15, 0.2) is 12.1 Å². The summed E-state index contributed by atoms with van der Waals surface area (Å²) in [5, 5.41) is 9.83. The monoisotopic (exact) mass is 664 g/mol. The van der Waals surface area contributed by atoms with Crippen LogP contribution in [0.3, 0.4) is 0 Å². The number of ether oxygens (including phenoxy) is 3. The minimum absolute atomic E-state index is 0. The highest BCUT2D eigenvalue weighted by atomic mass is 79.9. The summed E-state index contributed by atoms with van der Waals surface area (Å²) >= 11 is 0. The van der Waals surface area contributed by atoms with Gasteiger partial charge in [0.25, 0.3) is 5.97 Å². The molecule has 0 saturated heterocycles. The Morgan fingerprint density at radius 1 is 0.868 bits per heavy atom. The maximum atomic E-state index is 11.8. The number of methoxy groups -OCH3 is 2. The van der Waals surface area contributed by atoms with Crippen molar-refractivity contribution in [3.8, 4) is 0 Å². The smallest absolute Gasteiger partial charge is 0.408 e. The predicted molar refractivity (Wildman–Crippen MR) is 145 cm³/mol. The lowest BCUT2D eigenvalue weighted by molar-refractivity contribution is -0.144. The molecule has 12 nitrogen and oxygen atoms in total. The van der Waals surface area contributed by atoms with E-state index in [1.807, 2.05) is 30.3 Å². The van der Waals surface area contributed by atoms with E-state index in [-0.39, 0.29) is 46.3 Å². The van der Waals surface area contributed by atoms with Crippen molar-refractivity contribution in [3.05, 3.63) is 84.2 Å². The van der Waals surface area contributed by atoms with E-state index in [1.165, 1.54) is 26.7 Å². The average Bonchev–Trinajstić information content (AvgIpc) is 3.60. The van der Waals surface area contributed by atoms with Crippen LogP contribution in [0.15, 0.2) is 76.0 Å². The van der Waals surface area contributed by atoms with E-state index in [9.17, 15) is 14.4 Å². The first kappa shape index (κ1) is 36.5. The van der Waals surface area contributed by atoms with Gasteiger partial charge in [-0.05, 0) is 29.8 Å². The molecule has 210 valence electrons. The van der Waals surface area contributed by atoms with Crippen LogP contribution in [0.2, 0.25) is 0 Å². The van der Waals surface area contributed by atoms with Crippen molar-refractivity contribution >= 4 is 58.0 Å². The summed E-state index contributed by atoms with van der Waals surface area (Å²) in [5.41, 5.74) is 6.27. The third kappa shape index (κ3) is 14.2. The highest BCUT2D eigenvalue weighted by Gasteiger charge is 2.26. The maximum Gasteiger partial charge on any atom is 0.408 e. The number of halogens is 2. The Labute approximate surface area is 239 Å². The number of carbonyl (C=O) groups excluding carboxylic acids is 3. The third-order valence-electron chi connectivity index (χ3n) is 4.04. The van der Waals surface area contributed by atoms with Gasteiger partial charge in [-0.25, -0.2) is 14.4 Å². The quantitative estimate of drug-likeness (QED) is 0.244. The van der Waals surface area contributed by atoms with Gasteiger partial charge in [-0.15, -0.1) is 34.0 Å². The number of rotatable bonds is 7. The second kappa shape index (κ2) is 20.4. The lowest BCUT2D eigenvalue weighted by Gasteiger charge is -2.14. The fourth-order valence-electron chi connectivity index (χ4n) is 2.41. The first-order valence-electron chi connectivity index (χ1n) is 10.3. The fourth-order valence-corrected chi connectivity index (χ4v) is 2.41. The molecule has 0 aliphatic heterocycles. The number of benzene rings is 1. The van der Waals surface area contributed by atoms with Gasteiger partial charge >= 0.3 is 18.0 Å². The summed E-state index contributed by atoms with van der Waals surface area (Å²) in [6.45, 7) is 1.19. The number of nitrogens with one attached hydrogen (secondary N) is 1. The summed E-state index contributed by atoms with van der Waals surface area (Å²) in [6.07, 6.45) is 2.13. The Morgan fingerprint density at radius 3 is 1.82 bits per heavy atom. The highest BCUT2D eigenvalue weighted by Crippen LogP contribution is 2.15. The normalized spacial score (nSPS) is 10.6. The molecule has 0 aliphatic carbocycles. The number of furan rings is 2. The molecule has 14 heteroatoms. The number of carboxylic acids is 1. The van der Waals surface area contributed by atoms with Gasteiger partial charge < -0.3 is 39.2 Å². The molecule has 0 saturated carbocycles. The van der Waals surface area contributed by atoms with Gasteiger partial charge in [0.1, 0.15) is 18.1 Å². The molecule has 0 aliphatic rings. The van der Waals surface area contributed by atoms with E-state index in [2.05, 4.69) is 14.8 Å². The van der Waals surface area contributed by atoms with Crippen LogP contribution in [0.5, 0.6) is 0 Å². The molecule has 0 radical (unpaired) electrons. The summed E-state index contributed by atoms with van der Waals surface area (Å²) in [6, 6.07) is 13.8. The SMILES string of the molecule is Br.Br.CC(=O)O.COC(=O)C(N)c1ccco1.COC(=O)C(NC(=O)OCc1ccccc1)c1ccco1. The second-order valence-corrected chi connectivity index (χ2v) is 6.71. The number of carboxylic acid groups (broad SMARTS) is 1. The van der Waals surface area contributed by atoms with Crippen molar-refractivity contribution in [2.45, 2.75) is 25.6 Å². The van der Waals surface area contributed by atoms with Gasteiger partial charge in [0.2, 0.25) is 0 Å². The largest absolute Gasteiger partial charge is 0.481 e. The van der Waals surface area contributed by atoms with Crippen molar-refractivity contribution in [2.24, 2.45) is 5.73 Å². The zero-order valence-electron chi connectivity index (χ0n) is 20.7. The van der Waals surface area contributed by atoms with E-state index in [1.54, 1.807) is 24.3 Å². The number of alkyl carbamates (subject to hydrolysis) is 1. The van der Waals surface area contributed by atoms with Crippen molar-refractivity contribution < 1.29 is 47.3 Å². The number of esters is 2. The van der Waals surface area contributed by atoms with E-state index in [0.717, 1.165) is 12.5 Å². The standard InChI is InChI=1S/C15H15NO5.C7H9NO3.C2H4O2.2BrH/c1-19-14(17)13(12-8-5-9-20-12)16-15(18)21-10-11-6-3-2-4-7-11;1-10-7(9)6(8)5-3-2-4-11-5;1-2(3)4;;/h2-9,13H,10H2,1H3,(H,16,18);2-4,6H,8H2,1H3;1H3,(H,3,4);2*1H. The van der Waals surface area contributed by atoms with Gasteiger partial charge in [-0.2, -0.15) is 0 Å². The van der Waals surface area contributed by atoms with Crippen LogP contribution in [0.25, 0.3) is 0 Å². The molecular formula is C24H30Br2N2O10. The minimum atomic E-state index is -1.03. The Bertz CT molecular complexity index is 1060. The number of nitrogens with two attached hydrogens (primary N) is 1. The molecule has 3 rings (SSSR count). The van der Waals surface area contributed by atoms with Gasteiger partial charge in [-0.3, -0.25) is 4.79 Å². The van der Waals surface area contributed by atoms with Crippen molar-refractivity contribution in [1.29, 1.82) is 0 Å². The Kier molecular flexibility index (Phi) is 19.7. The van der Waals surface area contributed by atoms with Crippen LogP contribution in [0.4, 0.5) is 4.79 Å². The van der Waals surface area contributed by atoms with Crippen molar-refractivity contribution in [1.82, 2.24) is 5.32 Å². The lowest BCUT2D eigenvalue weighted by atomic mass is 10.2. The Balaban J connectivity index is 0. The molecule has 0 spiro atoms. The number of hydrogen-bond donors (Lipinski definition) is 3. The first-order chi connectivity index (χ1) is 17.2. The molecule has 0 fully saturated rings. The molecule has 1 aromatic carbocycles. The Morgan fingerprint density at radius 2 is 1.37 bits per heavy atom. The molecule has 2 heterocycles. The summed E-state index contributed by atoms with van der Waals surface area (Å²) in [5.74, 6) is -1.28. The second-order valence-electron chi connectivity index (χ2n) is 6.71. The number of amides is 1. The molecule has 2 atom stereocenters. The number of hydrogen-bond acceptors (Lipinski definition) is 10. The summed E-state index contributed by atoms with van der Waals surface area (Å²) < 4.78 is 24.1. The highest BCUT2D eigenvalue weighted by molar-refractivity contribution is 8.93. The van der Waals surface area contributed by atoms with E-state index < -0.39 is 36.1 Å². The van der Waals surface area contributed by atoms with Crippen LogP contribution in [-0.4, -0.2) is 43.3 Å². The number of carbonyl (C=O) groups is 4. The zero-order valence-corrected chi connectivity index (χ0v) is 24.2. The third-order valence-corrected chi connectivity index (χ3v) is 4.04. The average molecular weight is 666 g/mol. The van der Waals surface area contributed by atoms with E-state index in [4.69, 9.17) is 29.2 Å². The zero-order chi connectivity index (χ0) is 26.9. The van der Waals surface area contributed by atoms with Crippen LogP contribution >= 0.6 is 34.0 Å². The lowest BCUT2D eigenvalue weighted by Crippen LogP contribution is -2.34. The van der Waals surface area contributed by atoms with Gasteiger partial charge in [-0.1, -0.05) is 30.3 Å². The van der Waals surface area contributed by atoms with Crippen LogP contribution in [-0.2, 0) is 35.2 Å². The molecule has 3 aromatic rings. The molecule has 0 bridgehead atoms. The van der Waals surface area contributed by atoms with Crippen LogP contribution < -0.4 is 11.1 Å². The van der Waals surface area contributed by atoms with Gasteiger partial charge in [0, 0.05) is 6.92 Å².